The maximum Gasteiger partial charge on any atom is 0.230 e. The first-order valence-electron chi connectivity index (χ1n) is 10.7. The molecule has 2 amide bonds. The lowest BCUT2D eigenvalue weighted by atomic mass is 10.1. The number of benzene rings is 1. The van der Waals surface area contributed by atoms with Crippen molar-refractivity contribution >= 4 is 38.7 Å². The van der Waals surface area contributed by atoms with Crippen LogP contribution in [0.25, 0.3) is 0 Å². The van der Waals surface area contributed by atoms with Crippen LogP contribution in [0.15, 0.2) is 34.5 Å². The molecule has 1 atom stereocenters. The van der Waals surface area contributed by atoms with Gasteiger partial charge in [0.25, 0.3) is 0 Å². The number of anilines is 1. The molecule has 1 aliphatic heterocycles. The second kappa shape index (κ2) is 8.74. The Bertz CT molecular complexity index is 1100. The number of sulfone groups is 1. The number of nitrogens with one attached hydrogen (secondary N) is 1. The summed E-state index contributed by atoms with van der Waals surface area (Å²) in [4.78, 5) is 28.0. The average molecular weight is 461 g/mol. The van der Waals surface area contributed by atoms with Gasteiger partial charge in [0.15, 0.2) is 9.84 Å². The van der Waals surface area contributed by atoms with Gasteiger partial charge in [-0.3, -0.25) is 9.59 Å². The maximum atomic E-state index is 12.8. The predicted octanol–water partition coefficient (Wildman–Crippen LogP) is 3.27. The van der Waals surface area contributed by atoms with E-state index in [2.05, 4.69) is 5.32 Å². The van der Waals surface area contributed by atoms with Crippen molar-refractivity contribution in [2.75, 3.05) is 17.2 Å². The van der Waals surface area contributed by atoms with Crippen LogP contribution in [0.1, 0.15) is 42.2 Å². The number of carbonyl (C=O) groups is 2. The van der Waals surface area contributed by atoms with Gasteiger partial charge >= 0.3 is 0 Å². The molecule has 1 aromatic carbocycles. The number of carbonyl (C=O) groups excluding carboxylic acids is 2. The zero-order valence-corrected chi connectivity index (χ0v) is 19.5. The van der Waals surface area contributed by atoms with Crippen molar-refractivity contribution in [2.45, 2.75) is 56.9 Å². The third kappa shape index (κ3) is 4.85. The predicted molar refractivity (Wildman–Crippen MR) is 122 cm³/mol. The van der Waals surface area contributed by atoms with Crippen molar-refractivity contribution in [3.63, 3.8) is 0 Å². The molecule has 1 aliphatic carbocycles. The van der Waals surface area contributed by atoms with Gasteiger partial charge in [0.05, 0.1) is 10.6 Å². The minimum absolute atomic E-state index is 0.0406. The molecular formula is C23H28N2O4S2. The van der Waals surface area contributed by atoms with E-state index in [0.29, 0.717) is 13.0 Å². The van der Waals surface area contributed by atoms with Crippen molar-refractivity contribution < 1.29 is 18.0 Å². The second-order valence-corrected chi connectivity index (χ2v) is 11.6. The first kappa shape index (κ1) is 22.0. The standard InChI is InChI=1S/C23H28N2O4S2/c1-15-8-11-30-21(15)7-10-24-22(26)9-12-31(28,29)19-5-6-20-18(14-19)13-16(2)25(20)23(27)17-3-4-17/h5-6,8,11,14,16-17H,3-4,7,9-10,12-13H2,1-2H3,(H,24,26)/t16-/m1/s1. The third-order valence-corrected chi connectivity index (χ3v) is 8.83. The molecule has 8 heteroatoms. The fourth-order valence-electron chi connectivity index (χ4n) is 4.07. The lowest BCUT2D eigenvalue weighted by Crippen LogP contribution is -2.36. The van der Waals surface area contributed by atoms with Gasteiger partial charge in [-0.2, -0.15) is 0 Å². The third-order valence-electron chi connectivity index (χ3n) is 6.03. The molecule has 31 heavy (non-hydrogen) atoms. The van der Waals surface area contributed by atoms with E-state index in [1.165, 1.54) is 10.4 Å². The number of amides is 2. The Morgan fingerprint density at radius 2 is 2.00 bits per heavy atom. The summed E-state index contributed by atoms with van der Waals surface area (Å²) in [6, 6.07) is 7.08. The Kier molecular flexibility index (Phi) is 6.21. The first-order valence-corrected chi connectivity index (χ1v) is 13.3. The molecule has 0 spiro atoms. The Labute approximate surface area is 187 Å². The summed E-state index contributed by atoms with van der Waals surface area (Å²) in [6.07, 6.45) is 3.23. The Hall–Kier alpha value is -2.19. The number of thiophene rings is 1. The van der Waals surface area contributed by atoms with E-state index in [1.54, 1.807) is 29.5 Å². The number of aryl methyl sites for hydroxylation is 1. The van der Waals surface area contributed by atoms with Crippen molar-refractivity contribution in [1.29, 1.82) is 0 Å². The molecule has 0 unspecified atom stereocenters. The molecular weight excluding hydrogens is 432 g/mol. The molecule has 2 heterocycles. The summed E-state index contributed by atoms with van der Waals surface area (Å²) in [5.74, 6) is -0.209. The summed E-state index contributed by atoms with van der Waals surface area (Å²) in [7, 11) is -3.57. The highest BCUT2D eigenvalue weighted by atomic mass is 32.2. The molecule has 0 saturated heterocycles. The molecule has 1 fully saturated rings. The number of hydrogen-bond acceptors (Lipinski definition) is 5. The highest BCUT2D eigenvalue weighted by Crippen LogP contribution is 2.39. The highest BCUT2D eigenvalue weighted by molar-refractivity contribution is 7.91. The van der Waals surface area contributed by atoms with Crippen molar-refractivity contribution in [3.8, 4) is 0 Å². The minimum atomic E-state index is -3.57. The van der Waals surface area contributed by atoms with Gasteiger partial charge in [0.1, 0.15) is 0 Å². The van der Waals surface area contributed by atoms with Crippen LogP contribution in [0.5, 0.6) is 0 Å². The maximum absolute atomic E-state index is 12.8. The summed E-state index contributed by atoms with van der Waals surface area (Å²) < 4.78 is 25.6. The smallest absolute Gasteiger partial charge is 0.230 e. The van der Waals surface area contributed by atoms with Gasteiger partial charge in [-0.15, -0.1) is 11.3 Å². The molecule has 4 rings (SSSR count). The zero-order valence-electron chi connectivity index (χ0n) is 17.9. The number of hydrogen-bond donors (Lipinski definition) is 1. The topological polar surface area (TPSA) is 83.6 Å². The van der Waals surface area contributed by atoms with E-state index in [4.69, 9.17) is 0 Å². The first-order chi connectivity index (χ1) is 14.8. The molecule has 166 valence electrons. The molecule has 6 nitrogen and oxygen atoms in total. The molecule has 2 aliphatic rings. The molecule has 1 aromatic heterocycles. The number of fused-ring (bicyclic) bond motifs is 1. The van der Waals surface area contributed by atoms with Crippen LogP contribution >= 0.6 is 11.3 Å². The van der Waals surface area contributed by atoms with E-state index in [-0.39, 0.29) is 40.8 Å². The van der Waals surface area contributed by atoms with Crippen molar-refractivity contribution in [3.05, 3.63) is 45.6 Å². The van der Waals surface area contributed by atoms with E-state index < -0.39 is 9.84 Å². The quantitative estimate of drug-likeness (QED) is 0.655. The zero-order chi connectivity index (χ0) is 22.2. The monoisotopic (exact) mass is 460 g/mol. The van der Waals surface area contributed by atoms with Crippen LogP contribution in [-0.2, 0) is 32.3 Å². The van der Waals surface area contributed by atoms with Gasteiger partial charge in [0, 0.05) is 35.5 Å². The van der Waals surface area contributed by atoms with Crippen molar-refractivity contribution in [2.24, 2.45) is 5.92 Å². The minimum Gasteiger partial charge on any atom is -0.356 e. The molecule has 2 aromatic rings. The largest absolute Gasteiger partial charge is 0.356 e. The van der Waals surface area contributed by atoms with Gasteiger partial charge in [-0.25, -0.2) is 8.42 Å². The van der Waals surface area contributed by atoms with E-state index in [9.17, 15) is 18.0 Å². The van der Waals surface area contributed by atoms with Gasteiger partial charge in [-0.05, 0) is 80.3 Å². The molecule has 0 radical (unpaired) electrons. The lowest BCUT2D eigenvalue weighted by Gasteiger charge is -2.22. The fraction of sp³-hybridized carbons (Fsp3) is 0.478. The summed E-state index contributed by atoms with van der Waals surface area (Å²) >= 11 is 1.66. The van der Waals surface area contributed by atoms with Crippen LogP contribution in [-0.4, -0.2) is 38.6 Å². The summed E-state index contributed by atoms with van der Waals surface area (Å²) in [6.45, 7) is 4.54. The van der Waals surface area contributed by atoms with E-state index >= 15 is 0 Å². The highest BCUT2D eigenvalue weighted by Gasteiger charge is 2.39. The Morgan fingerprint density at radius 3 is 2.68 bits per heavy atom. The van der Waals surface area contributed by atoms with E-state index in [1.807, 2.05) is 30.2 Å². The van der Waals surface area contributed by atoms with Gasteiger partial charge in [0.2, 0.25) is 11.8 Å². The molecule has 0 bridgehead atoms. The Morgan fingerprint density at radius 1 is 1.23 bits per heavy atom. The van der Waals surface area contributed by atoms with E-state index in [0.717, 1.165) is 30.5 Å². The van der Waals surface area contributed by atoms with Crippen LogP contribution in [0.4, 0.5) is 5.69 Å². The molecule has 1 saturated carbocycles. The van der Waals surface area contributed by atoms with Gasteiger partial charge < -0.3 is 10.2 Å². The lowest BCUT2D eigenvalue weighted by molar-refractivity contribution is -0.121. The van der Waals surface area contributed by atoms with Crippen LogP contribution < -0.4 is 10.2 Å². The fourth-order valence-corrected chi connectivity index (χ4v) is 6.27. The number of nitrogens with zero attached hydrogens (tertiary/aromatic N) is 1. The normalized spacial score (nSPS) is 18.1. The number of rotatable bonds is 8. The Balaban J connectivity index is 1.34. The second-order valence-electron chi connectivity index (χ2n) is 8.52. The van der Waals surface area contributed by atoms with Crippen LogP contribution in [0, 0.1) is 12.8 Å². The SMILES string of the molecule is Cc1ccsc1CCNC(=O)CCS(=O)(=O)c1ccc2c(c1)C[C@@H](C)N2C(=O)C1CC1. The van der Waals surface area contributed by atoms with Gasteiger partial charge in [-0.1, -0.05) is 0 Å². The average Bonchev–Trinajstić information content (AvgIpc) is 3.42. The summed E-state index contributed by atoms with van der Waals surface area (Å²) in [5.41, 5.74) is 2.92. The van der Waals surface area contributed by atoms with Crippen molar-refractivity contribution in [1.82, 2.24) is 5.32 Å². The van der Waals surface area contributed by atoms with Crippen LogP contribution in [0.3, 0.4) is 0 Å². The summed E-state index contributed by atoms with van der Waals surface area (Å²) in [5, 5.41) is 4.84. The molecule has 1 N–H and O–H groups in total. The van der Waals surface area contributed by atoms with Crippen LogP contribution in [0.2, 0.25) is 0 Å².